The Kier molecular flexibility index (Phi) is 4.71. The summed E-state index contributed by atoms with van der Waals surface area (Å²) in [5.74, 6) is 0. The highest BCUT2D eigenvalue weighted by Gasteiger charge is 2.06. The van der Waals surface area contributed by atoms with E-state index in [1.165, 1.54) is 17.7 Å². The van der Waals surface area contributed by atoms with E-state index in [-0.39, 0.29) is 10.6 Å². The lowest BCUT2D eigenvalue weighted by Gasteiger charge is -2.15. The maximum Gasteiger partial charge on any atom is 0.269 e. The molecular formula is C16H18N2O2. The van der Waals surface area contributed by atoms with Crippen LogP contribution in [0.4, 0.5) is 11.4 Å². The van der Waals surface area contributed by atoms with Crippen LogP contribution in [0.2, 0.25) is 0 Å². The zero-order chi connectivity index (χ0) is 14.4. The van der Waals surface area contributed by atoms with Gasteiger partial charge in [-0.2, -0.15) is 0 Å². The van der Waals surface area contributed by atoms with Crippen molar-refractivity contribution in [2.45, 2.75) is 25.8 Å². The molecule has 1 atom stereocenters. The molecule has 0 heterocycles. The van der Waals surface area contributed by atoms with Crippen LogP contribution in [0.25, 0.3) is 0 Å². The first-order valence-corrected chi connectivity index (χ1v) is 6.70. The van der Waals surface area contributed by atoms with Crippen molar-refractivity contribution in [3.8, 4) is 0 Å². The number of non-ortho nitro benzene ring substituents is 1. The zero-order valence-electron chi connectivity index (χ0n) is 11.5. The third kappa shape index (κ3) is 4.09. The number of rotatable bonds is 6. The molecule has 0 aliphatic rings. The smallest absolute Gasteiger partial charge is 0.269 e. The van der Waals surface area contributed by atoms with Crippen LogP contribution in [0.1, 0.15) is 18.9 Å². The second-order valence-corrected chi connectivity index (χ2v) is 4.87. The average molecular weight is 270 g/mol. The first-order valence-electron chi connectivity index (χ1n) is 6.70. The molecule has 4 heteroatoms. The second-order valence-electron chi connectivity index (χ2n) is 4.87. The normalized spacial score (nSPS) is 11.8. The molecule has 0 aromatic heterocycles. The first kappa shape index (κ1) is 14.1. The van der Waals surface area contributed by atoms with E-state index in [1.54, 1.807) is 12.1 Å². The number of aryl methyl sites for hydroxylation is 1. The zero-order valence-corrected chi connectivity index (χ0v) is 11.5. The van der Waals surface area contributed by atoms with Gasteiger partial charge < -0.3 is 5.32 Å². The van der Waals surface area contributed by atoms with Crippen LogP contribution in [0.15, 0.2) is 54.6 Å². The van der Waals surface area contributed by atoms with Crippen LogP contribution in [0.5, 0.6) is 0 Å². The molecule has 2 aromatic carbocycles. The minimum atomic E-state index is -0.386. The summed E-state index contributed by atoms with van der Waals surface area (Å²) in [6.07, 6.45) is 2.03. The van der Waals surface area contributed by atoms with Gasteiger partial charge in [-0.1, -0.05) is 30.3 Å². The number of nitrogens with zero attached hydrogens (tertiary/aromatic N) is 1. The number of nitro groups is 1. The van der Waals surface area contributed by atoms with Crippen molar-refractivity contribution in [1.29, 1.82) is 0 Å². The van der Waals surface area contributed by atoms with Crippen LogP contribution < -0.4 is 5.32 Å². The Balaban J connectivity index is 1.85. The fourth-order valence-corrected chi connectivity index (χ4v) is 2.06. The summed E-state index contributed by atoms with van der Waals surface area (Å²) < 4.78 is 0. The van der Waals surface area contributed by atoms with Crippen LogP contribution in [0, 0.1) is 10.1 Å². The Morgan fingerprint density at radius 2 is 1.75 bits per heavy atom. The predicted octanol–water partition coefficient (Wildman–Crippen LogP) is 4.03. The molecule has 4 nitrogen and oxygen atoms in total. The minimum absolute atomic E-state index is 0.118. The highest BCUT2D eigenvalue weighted by atomic mass is 16.6. The van der Waals surface area contributed by atoms with Crippen molar-refractivity contribution in [2.75, 3.05) is 5.32 Å². The first-order chi connectivity index (χ1) is 9.65. The quantitative estimate of drug-likeness (QED) is 0.637. The van der Waals surface area contributed by atoms with E-state index in [9.17, 15) is 10.1 Å². The Labute approximate surface area is 118 Å². The largest absolute Gasteiger partial charge is 0.383 e. The van der Waals surface area contributed by atoms with Gasteiger partial charge in [0.25, 0.3) is 5.69 Å². The molecule has 0 aliphatic heterocycles. The van der Waals surface area contributed by atoms with Crippen molar-refractivity contribution in [3.63, 3.8) is 0 Å². The summed E-state index contributed by atoms with van der Waals surface area (Å²) in [6.45, 7) is 2.12. The summed E-state index contributed by atoms with van der Waals surface area (Å²) in [5, 5.41) is 13.9. The summed E-state index contributed by atoms with van der Waals surface area (Å²) in [4.78, 5) is 10.2. The fourth-order valence-electron chi connectivity index (χ4n) is 2.06. The van der Waals surface area contributed by atoms with Crippen molar-refractivity contribution in [1.82, 2.24) is 0 Å². The number of hydrogen-bond acceptors (Lipinski definition) is 3. The molecule has 0 fully saturated rings. The number of hydrogen-bond donors (Lipinski definition) is 1. The lowest BCUT2D eigenvalue weighted by Crippen LogP contribution is -2.15. The highest BCUT2D eigenvalue weighted by molar-refractivity contribution is 5.49. The Bertz CT molecular complexity index is 552. The predicted molar refractivity (Wildman–Crippen MR) is 80.9 cm³/mol. The van der Waals surface area contributed by atoms with Gasteiger partial charge in [0.2, 0.25) is 0 Å². The Hall–Kier alpha value is -2.36. The second kappa shape index (κ2) is 6.70. The molecule has 1 N–H and O–H groups in total. The van der Waals surface area contributed by atoms with Gasteiger partial charge in [0, 0.05) is 23.9 Å². The molecule has 2 aromatic rings. The van der Waals surface area contributed by atoms with E-state index in [1.807, 2.05) is 18.2 Å². The molecule has 20 heavy (non-hydrogen) atoms. The van der Waals surface area contributed by atoms with Gasteiger partial charge in [-0.25, -0.2) is 0 Å². The molecular weight excluding hydrogens is 252 g/mol. The minimum Gasteiger partial charge on any atom is -0.383 e. The van der Waals surface area contributed by atoms with Crippen LogP contribution >= 0.6 is 0 Å². The summed E-state index contributed by atoms with van der Waals surface area (Å²) in [6, 6.07) is 17.2. The Morgan fingerprint density at radius 1 is 1.10 bits per heavy atom. The van der Waals surface area contributed by atoms with Gasteiger partial charge in [0.1, 0.15) is 0 Å². The monoisotopic (exact) mass is 270 g/mol. The molecule has 104 valence electrons. The van der Waals surface area contributed by atoms with Gasteiger partial charge >= 0.3 is 0 Å². The van der Waals surface area contributed by atoms with Crippen molar-refractivity contribution in [2.24, 2.45) is 0 Å². The summed E-state index contributed by atoms with van der Waals surface area (Å²) >= 11 is 0. The SMILES string of the molecule is CC(CCc1ccccc1)Nc1ccc([N+](=O)[O-])cc1. The third-order valence-corrected chi connectivity index (χ3v) is 3.20. The molecule has 0 aliphatic carbocycles. The van der Waals surface area contributed by atoms with E-state index in [0.29, 0.717) is 6.04 Å². The van der Waals surface area contributed by atoms with E-state index >= 15 is 0 Å². The number of benzene rings is 2. The Morgan fingerprint density at radius 3 is 2.35 bits per heavy atom. The van der Waals surface area contributed by atoms with E-state index in [0.717, 1.165) is 18.5 Å². The highest BCUT2D eigenvalue weighted by Crippen LogP contribution is 2.17. The van der Waals surface area contributed by atoms with E-state index in [2.05, 4.69) is 24.4 Å². The van der Waals surface area contributed by atoms with Gasteiger partial charge in [-0.05, 0) is 37.5 Å². The number of nitrogens with one attached hydrogen (secondary N) is 1. The molecule has 0 saturated heterocycles. The van der Waals surface area contributed by atoms with Crippen LogP contribution in [-0.4, -0.2) is 11.0 Å². The van der Waals surface area contributed by atoms with Crippen LogP contribution in [-0.2, 0) is 6.42 Å². The molecule has 1 unspecified atom stereocenters. The number of anilines is 1. The van der Waals surface area contributed by atoms with Crippen LogP contribution in [0.3, 0.4) is 0 Å². The van der Waals surface area contributed by atoms with Crippen molar-refractivity contribution >= 4 is 11.4 Å². The van der Waals surface area contributed by atoms with Gasteiger partial charge in [0.15, 0.2) is 0 Å². The lowest BCUT2D eigenvalue weighted by atomic mass is 10.1. The van der Waals surface area contributed by atoms with Crippen molar-refractivity contribution in [3.05, 3.63) is 70.3 Å². The molecule has 0 bridgehead atoms. The molecule has 2 rings (SSSR count). The summed E-state index contributed by atoms with van der Waals surface area (Å²) in [7, 11) is 0. The van der Waals surface area contributed by atoms with Gasteiger partial charge in [-0.3, -0.25) is 10.1 Å². The molecule has 0 radical (unpaired) electrons. The fraction of sp³-hybridized carbons (Fsp3) is 0.250. The van der Waals surface area contributed by atoms with Gasteiger partial charge in [0.05, 0.1) is 4.92 Å². The molecule has 0 saturated carbocycles. The molecule has 0 amide bonds. The molecule has 0 spiro atoms. The maximum absolute atomic E-state index is 10.6. The average Bonchev–Trinajstić information content (AvgIpc) is 2.47. The number of nitro benzene ring substituents is 1. The topological polar surface area (TPSA) is 55.2 Å². The van der Waals surface area contributed by atoms with Crippen molar-refractivity contribution < 1.29 is 4.92 Å². The standard InChI is InChI=1S/C16H18N2O2/c1-13(7-8-14-5-3-2-4-6-14)17-15-9-11-16(12-10-15)18(19)20/h2-6,9-13,17H,7-8H2,1H3. The maximum atomic E-state index is 10.6. The lowest BCUT2D eigenvalue weighted by molar-refractivity contribution is -0.384. The van der Waals surface area contributed by atoms with E-state index in [4.69, 9.17) is 0 Å². The van der Waals surface area contributed by atoms with Gasteiger partial charge in [-0.15, -0.1) is 0 Å². The third-order valence-electron chi connectivity index (χ3n) is 3.20. The summed E-state index contributed by atoms with van der Waals surface area (Å²) in [5.41, 5.74) is 2.36. The van der Waals surface area contributed by atoms with E-state index < -0.39 is 0 Å².